The van der Waals surface area contributed by atoms with Gasteiger partial charge in [-0.1, -0.05) is 11.8 Å². The topological polar surface area (TPSA) is 125 Å². The minimum atomic E-state index is -0.931. The van der Waals surface area contributed by atoms with Crippen LogP contribution in [0.1, 0.15) is 29.4 Å². The number of quaternary nitrogens is 1. The number of hydrogen-bond acceptors (Lipinski definition) is 6. The molecule has 1 fully saturated rings. The van der Waals surface area contributed by atoms with Crippen molar-refractivity contribution in [3.63, 3.8) is 0 Å². The first-order chi connectivity index (χ1) is 16.2. The standard InChI is InChI=1S/C24H25N5O5/c1-15-20(27-13-5-4-7-18(27)25-15)22(30)19-21(16-8-10-17(11-9-16)29(33)34)28(24(32)23(19)31)14-6-12-26(2)3/h4-5,7-11,13,21,30H,6,12,14H2,1-3H3/b22-19+. The van der Waals surface area contributed by atoms with Crippen LogP contribution in [0.4, 0.5) is 5.69 Å². The van der Waals surface area contributed by atoms with Crippen molar-refractivity contribution in [2.24, 2.45) is 0 Å². The number of amides is 1. The van der Waals surface area contributed by atoms with Gasteiger partial charge in [0.1, 0.15) is 5.65 Å². The van der Waals surface area contributed by atoms with E-state index in [2.05, 4.69) is 4.98 Å². The Balaban J connectivity index is 1.87. The van der Waals surface area contributed by atoms with E-state index in [4.69, 9.17) is 0 Å². The fraction of sp³-hybridized carbons (Fsp3) is 0.292. The summed E-state index contributed by atoms with van der Waals surface area (Å²) in [6.07, 6.45) is 2.31. The van der Waals surface area contributed by atoms with Crippen molar-refractivity contribution in [1.29, 1.82) is 0 Å². The van der Waals surface area contributed by atoms with E-state index in [0.717, 1.165) is 6.54 Å². The van der Waals surface area contributed by atoms with Crippen LogP contribution in [-0.2, 0) is 9.59 Å². The average molecular weight is 463 g/mol. The van der Waals surface area contributed by atoms with E-state index in [9.17, 15) is 24.8 Å². The zero-order valence-electron chi connectivity index (χ0n) is 19.1. The summed E-state index contributed by atoms with van der Waals surface area (Å²) in [6, 6.07) is 9.97. The molecule has 0 spiro atoms. The van der Waals surface area contributed by atoms with Crippen molar-refractivity contribution < 1.29 is 24.5 Å². The highest BCUT2D eigenvalue weighted by atomic mass is 16.6. The Hall–Kier alpha value is -4.05. The summed E-state index contributed by atoms with van der Waals surface area (Å²) >= 11 is 0. The number of benzene rings is 1. The Morgan fingerprint density at radius 2 is 1.85 bits per heavy atom. The van der Waals surface area contributed by atoms with Crippen LogP contribution in [-0.4, -0.2) is 58.1 Å². The number of nitrogens with zero attached hydrogens (tertiary/aromatic N) is 4. The van der Waals surface area contributed by atoms with Gasteiger partial charge in [-0.15, -0.1) is 0 Å². The van der Waals surface area contributed by atoms with Crippen LogP contribution in [0, 0.1) is 17.0 Å². The lowest BCUT2D eigenvalue weighted by Crippen LogP contribution is -3.05. The zero-order valence-corrected chi connectivity index (χ0v) is 19.1. The van der Waals surface area contributed by atoms with Gasteiger partial charge in [0.15, 0.2) is 0 Å². The maximum absolute atomic E-state index is 13.8. The first-order valence-corrected chi connectivity index (χ1v) is 10.9. The molecule has 0 aliphatic carbocycles. The maximum Gasteiger partial charge on any atom is 0.295 e. The van der Waals surface area contributed by atoms with Crippen molar-refractivity contribution >= 4 is 28.8 Å². The number of aryl methyl sites for hydroxylation is 1. The summed E-state index contributed by atoms with van der Waals surface area (Å²) in [5.74, 6) is -2.17. The van der Waals surface area contributed by atoms with E-state index in [-0.39, 0.29) is 23.5 Å². The number of hydrogen-bond donors (Lipinski definition) is 1. The lowest BCUT2D eigenvalue weighted by Gasteiger charge is -2.27. The predicted molar refractivity (Wildman–Crippen MR) is 122 cm³/mol. The SMILES string of the molecule is Cc1nc2ccccn2c1/C([O-])=C1\C(=O)C(=O)N(CCC[NH+](C)C)C1c1ccc([N+](=O)[O-])cc1. The molecular formula is C24H25N5O5. The third kappa shape index (κ3) is 4.03. The van der Waals surface area contributed by atoms with Crippen LogP contribution in [0.3, 0.4) is 0 Å². The largest absolute Gasteiger partial charge is 0.871 e. The highest BCUT2D eigenvalue weighted by Crippen LogP contribution is 2.39. The number of carbonyl (C=O) groups is 2. The summed E-state index contributed by atoms with van der Waals surface area (Å²) in [7, 11) is 3.97. The second-order valence-corrected chi connectivity index (χ2v) is 8.61. The number of nitro benzene ring substituents is 1. The molecule has 1 saturated heterocycles. The predicted octanol–water partition coefficient (Wildman–Crippen LogP) is 0.310. The van der Waals surface area contributed by atoms with Crippen molar-refractivity contribution in [2.75, 3.05) is 27.2 Å². The maximum atomic E-state index is 13.8. The molecule has 10 heteroatoms. The fourth-order valence-electron chi connectivity index (χ4n) is 4.34. The summed E-state index contributed by atoms with van der Waals surface area (Å²) in [5, 5.41) is 24.9. The molecule has 34 heavy (non-hydrogen) atoms. The second-order valence-electron chi connectivity index (χ2n) is 8.61. The van der Waals surface area contributed by atoms with E-state index in [0.29, 0.717) is 23.3 Å². The number of nitro groups is 1. The smallest absolute Gasteiger partial charge is 0.295 e. The van der Waals surface area contributed by atoms with Gasteiger partial charge in [-0.05, 0) is 36.8 Å². The number of ketones is 1. The minimum absolute atomic E-state index is 0.118. The van der Waals surface area contributed by atoms with E-state index in [1.807, 2.05) is 14.1 Å². The van der Waals surface area contributed by atoms with Gasteiger partial charge in [0.05, 0.1) is 43.0 Å². The Morgan fingerprint density at radius 3 is 2.50 bits per heavy atom. The monoisotopic (exact) mass is 463 g/mol. The Morgan fingerprint density at radius 1 is 1.15 bits per heavy atom. The highest BCUT2D eigenvalue weighted by Gasteiger charge is 2.44. The van der Waals surface area contributed by atoms with Crippen molar-refractivity contribution in [3.05, 3.63) is 81.3 Å². The van der Waals surface area contributed by atoms with E-state index in [1.54, 1.807) is 35.7 Å². The summed E-state index contributed by atoms with van der Waals surface area (Å²) < 4.78 is 1.60. The molecule has 1 unspecified atom stereocenters. The molecule has 3 aromatic rings. The van der Waals surface area contributed by atoms with Crippen LogP contribution in [0.5, 0.6) is 0 Å². The number of rotatable bonds is 7. The number of pyridine rings is 1. The quantitative estimate of drug-likeness (QED) is 0.177. The third-order valence-corrected chi connectivity index (χ3v) is 5.94. The summed E-state index contributed by atoms with van der Waals surface area (Å²) in [4.78, 5) is 43.8. The molecule has 10 nitrogen and oxygen atoms in total. The highest BCUT2D eigenvalue weighted by molar-refractivity contribution is 6.46. The molecule has 1 aromatic carbocycles. The fourth-order valence-corrected chi connectivity index (χ4v) is 4.34. The lowest BCUT2D eigenvalue weighted by molar-refractivity contribution is -0.858. The Labute approximate surface area is 195 Å². The molecule has 1 aliphatic heterocycles. The van der Waals surface area contributed by atoms with E-state index < -0.39 is 28.4 Å². The Kier molecular flexibility index (Phi) is 6.16. The number of likely N-dealkylation sites (tertiary alicyclic amines) is 1. The van der Waals surface area contributed by atoms with Crippen LogP contribution in [0.2, 0.25) is 0 Å². The van der Waals surface area contributed by atoms with Gasteiger partial charge in [0, 0.05) is 36.9 Å². The number of imidazole rings is 1. The van der Waals surface area contributed by atoms with Crippen LogP contribution in [0.15, 0.2) is 54.2 Å². The first-order valence-electron chi connectivity index (χ1n) is 10.9. The lowest BCUT2D eigenvalue weighted by atomic mass is 9.96. The van der Waals surface area contributed by atoms with E-state index in [1.165, 1.54) is 34.1 Å². The molecule has 1 amide bonds. The van der Waals surface area contributed by atoms with Crippen molar-refractivity contribution in [3.8, 4) is 0 Å². The van der Waals surface area contributed by atoms with E-state index >= 15 is 0 Å². The second kappa shape index (κ2) is 9.06. The number of fused-ring (bicyclic) bond motifs is 1. The number of aromatic nitrogens is 2. The van der Waals surface area contributed by atoms with Crippen molar-refractivity contribution in [2.45, 2.75) is 19.4 Å². The molecule has 176 valence electrons. The summed E-state index contributed by atoms with van der Waals surface area (Å²) in [5.41, 5.74) is 1.41. The normalized spacial score (nSPS) is 17.8. The van der Waals surface area contributed by atoms with Crippen LogP contribution < -0.4 is 10.0 Å². The number of Topliss-reactive ketones (excluding diaryl/α,β-unsaturated/α-hetero) is 1. The zero-order chi connectivity index (χ0) is 24.6. The average Bonchev–Trinajstić information content (AvgIpc) is 3.27. The first kappa shape index (κ1) is 23.1. The molecular weight excluding hydrogens is 438 g/mol. The number of non-ortho nitro benzene ring substituents is 1. The van der Waals surface area contributed by atoms with Gasteiger partial charge in [-0.3, -0.25) is 19.7 Å². The van der Waals surface area contributed by atoms with Gasteiger partial charge < -0.3 is 19.3 Å². The summed E-state index contributed by atoms with van der Waals surface area (Å²) in [6.45, 7) is 2.72. The molecule has 0 bridgehead atoms. The molecule has 0 radical (unpaired) electrons. The van der Waals surface area contributed by atoms with Gasteiger partial charge in [-0.2, -0.15) is 0 Å². The third-order valence-electron chi connectivity index (χ3n) is 5.94. The number of carbonyl (C=O) groups excluding carboxylic acids is 2. The van der Waals surface area contributed by atoms with Gasteiger partial charge in [-0.25, -0.2) is 4.98 Å². The number of nitrogens with one attached hydrogen (secondary N) is 1. The molecule has 1 aliphatic rings. The van der Waals surface area contributed by atoms with Crippen LogP contribution >= 0.6 is 0 Å². The molecule has 2 aromatic heterocycles. The molecule has 4 rings (SSSR count). The minimum Gasteiger partial charge on any atom is -0.871 e. The molecule has 1 N–H and O–H groups in total. The van der Waals surface area contributed by atoms with Gasteiger partial charge in [0.2, 0.25) is 5.78 Å². The van der Waals surface area contributed by atoms with Gasteiger partial charge in [0.25, 0.3) is 11.6 Å². The Bertz CT molecular complexity index is 1310. The molecule has 0 saturated carbocycles. The van der Waals surface area contributed by atoms with Crippen LogP contribution in [0.25, 0.3) is 11.4 Å². The van der Waals surface area contributed by atoms with Crippen molar-refractivity contribution in [1.82, 2.24) is 14.3 Å². The molecule has 1 atom stereocenters. The molecule has 3 heterocycles. The van der Waals surface area contributed by atoms with Gasteiger partial charge >= 0.3 is 0 Å².